The largest absolute Gasteiger partial charge is 0.398 e. The summed E-state index contributed by atoms with van der Waals surface area (Å²) in [5, 5.41) is 0. The van der Waals surface area contributed by atoms with Crippen LogP contribution in [0.3, 0.4) is 0 Å². The highest BCUT2D eigenvalue weighted by molar-refractivity contribution is 7.89. The molecule has 1 saturated heterocycles. The summed E-state index contributed by atoms with van der Waals surface area (Å²) in [7, 11) is -1.97. The van der Waals surface area contributed by atoms with Gasteiger partial charge in [-0.2, -0.15) is 0 Å². The molecule has 1 aliphatic heterocycles. The van der Waals surface area contributed by atoms with Crippen molar-refractivity contribution < 1.29 is 13.2 Å². The van der Waals surface area contributed by atoms with Crippen LogP contribution in [0.1, 0.15) is 24.0 Å². The van der Waals surface area contributed by atoms with Crippen LogP contribution in [0.2, 0.25) is 0 Å². The maximum Gasteiger partial charge on any atom is 0.241 e. The van der Waals surface area contributed by atoms with Gasteiger partial charge < -0.3 is 10.6 Å². The Morgan fingerprint density at radius 2 is 2.00 bits per heavy atom. The zero-order valence-corrected chi connectivity index (χ0v) is 13.3. The second kappa shape index (κ2) is 5.65. The molecule has 1 atom stereocenters. The highest BCUT2D eigenvalue weighted by Crippen LogP contribution is 2.24. The second-order valence-corrected chi connectivity index (χ2v) is 7.29. The third kappa shape index (κ3) is 3.36. The van der Waals surface area contributed by atoms with E-state index in [1.165, 1.54) is 0 Å². The van der Waals surface area contributed by atoms with Crippen molar-refractivity contribution in [2.45, 2.75) is 37.6 Å². The molecular weight excluding hydrogens is 290 g/mol. The standard InChI is InChI=1S/C14H21N3O3S/c1-9-6-12(15)10(2)13(7-9)21(19,20)16-11-4-5-14(18)17(3)8-11/h6-7,11,16H,4-5,8,15H2,1-3H3. The number of sulfonamides is 1. The number of nitrogen functional groups attached to an aromatic ring is 1. The van der Waals surface area contributed by atoms with Crippen LogP contribution in [-0.2, 0) is 14.8 Å². The summed E-state index contributed by atoms with van der Waals surface area (Å²) in [4.78, 5) is 13.2. The van der Waals surface area contributed by atoms with Gasteiger partial charge in [-0.25, -0.2) is 13.1 Å². The van der Waals surface area contributed by atoms with Crippen LogP contribution < -0.4 is 10.5 Å². The number of benzene rings is 1. The molecular formula is C14H21N3O3S. The molecule has 6 nitrogen and oxygen atoms in total. The number of rotatable bonds is 3. The zero-order valence-electron chi connectivity index (χ0n) is 12.5. The maximum atomic E-state index is 12.5. The summed E-state index contributed by atoms with van der Waals surface area (Å²) in [5.41, 5.74) is 7.66. The number of likely N-dealkylation sites (N-methyl/N-ethyl adjacent to an activating group) is 1. The summed E-state index contributed by atoms with van der Waals surface area (Å²) in [6.45, 7) is 3.89. The Bertz CT molecular complexity index is 670. The summed E-state index contributed by atoms with van der Waals surface area (Å²) in [5.74, 6) is 0.0430. The molecule has 0 bridgehead atoms. The first kappa shape index (κ1) is 15.8. The Morgan fingerprint density at radius 1 is 1.33 bits per heavy atom. The van der Waals surface area contributed by atoms with Gasteiger partial charge in [-0.05, 0) is 43.5 Å². The normalized spacial score (nSPS) is 19.9. The van der Waals surface area contributed by atoms with Gasteiger partial charge in [-0.1, -0.05) is 0 Å². The van der Waals surface area contributed by atoms with E-state index in [1.54, 1.807) is 31.0 Å². The van der Waals surface area contributed by atoms with Gasteiger partial charge in [0.2, 0.25) is 15.9 Å². The highest BCUT2D eigenvalue weighted by atomic mass is 32.2. The minimum Gasteiger partial charge on any atom is -0.398 e. The first-order valence-electron chi connectivity index (χ1n) is 6.83. The smallest absolute Gasteiger partial charge is 0.241 e. The van der Waals surface area contributed by atoms with E-state index in [2.05, 4.69) is 4.72 Å². The number of likely N-dealkylation sites (tertiary alicyclic amines) is 1. The Balaban J connectivity index is 2.25. The number of nitrogens with one attached hydrogen (secondary N) is 1. The minimum absolute atomic E-state index is 0.0430. The van der Waals surface area contributed by atoms with Crippen molar-refractivity contribution in [1.29, 1.82) is 0 Å². The molecule has 0 spiro atoms. The van der Waals surface area contributed by atoms with Crippen molar-refractivity contribution in [3.8, 4) is 0 Å². The van der Waals surface area contributed by atoms with E-state index in [1.807, 2.05) is 6.92 Å². The number of nitrogens with zero attached hydrogens (tertiary/aromatic N) is 1. The number of carbonyl (C=O) groups is 1. The van der Waals surface area contributed by atoms with Crippen LogP contribution in [0.25, 0.3) is 0 Å². The van der Waals surface area contributed by atoms with Crippen molar-refractivity contribution in [3.63, 3.8) is 0 Å². The average molecular weight is 311 g/mol. The summed E-state index contributed by atoms with van der Waals surface area (Å²) < 4.78 is 27.8. The van der Waals surface area contributed by atoms with E-state index in [4.69, 9.17) is 5.73 Å². The van der Waals surface area contributed by atoms with Crippen LogP contribution in [-0.4, -0.2) is 38.9 Å². The van der Waals surface area contributed by atoms with E-state index < -0.39 is 10.0 Å². The number of aryl methyl sites for hydroxylation is 1. The molecule has 1 amide bonds. The number of anilines is 1. The van der Waals surface area contributed by atoms with Crippen LogP contribution in [0, 0.1) is 13.8 Å². The van der Waals surface area contributed by atoms with Gasteiger partial charge in [0.15, 0.2) is 0 Å². The predicted molar refractivity (Wildman–Crippen MR) is 81.3 cm³/mol. The van der Waals surface area contributed by atoms with Crippen LogP contribution in [0.5, 0.6) is 0 Å². The molecule has 0 radical (unpaired) electrons. The lowest BCUT2D eigenvalue weighted by molar-refractivity contribution is -0.132. The number of hydrogen-bond donors (Lipinski definition) is 2. The summed E-state index contributed by atoms with van der Waals surface area (Å²) >= 11 is 0. The van der Waals surface area contributed by atoms with E-state index in [-0.39, 0.29) is 16.8 Å². The van der Waals surface area contributed by atoms with Crippen molar-refractivity contribution in [2.24, 2.45) is 0 Å². The summed E-state index contributed by atoms with van der Waals surface area (Å²) in [6.07, 6.45) is 0.876. The zero-order chi connectivity index (χ0) is 15.8. The lowest BCUT2D eigenvalue weighted by Gasteiger charge is -2.30. The minimum atomic E-state index is -3.64. The molecule has 1 unspecified atom stereocenters. The molecule has 21 heavy (non-hydrogen) atoms. The molecule has 1 heterocycles. The Hall–Kier alpha value is -1.60. The van der Waals surface area contributed by atoms with Gasteiger partial charge >= 0.3 is 0 Å². The van der Waals surface area contributed by atoms with E-state index in [0.29, 0.717) is 30.6 Å². The van der Waals surface area contributed by atoms with Crippen molar-refractivity contribution in [1.82, 2.24) is 9.62 Å². The van der Waals surface area contributed by atoms with Crippen LogP contribution >= 0.6 is 0 Å². The molecule has 1 fully saturated rings. The monoisotopic (exact) mass is 311 g/mol. The van der Waals surface area contributed by atoms with Crippen LogP contribution in [0.15, 0.2) is 17.0 Å². The first-order valence-corrected chi connectivity index (χ1v) is 8.32. The van der Waals surface area contributed by atoms with Crippen molar-refractivity contribution in [3.05, 3.63) is 23.3 Å². The number of hydrogen-bond acceptors (Lipinski definition) is 4. The molecule has 1 aromatic carbocycles. The number of nitrogens with two attached hydrogens (primary N) is 1. The van der Waals surface area contributed by atoms with Crippen molar-refractivity contribution >= 4 is 21.6 Å². The van der Waals surface area contributed by atoms with E-state index in [9.17, 15) is 13.2 Å². The topological polar surface area (TPSA) is 92.5 Å². The highest BCUT2D eigenvalue weighted by Gasteiger charge is 2.28. The van der Waals surface area contributed by atoms with Gasteiger partial charge in [-0.3, -0.25) is 4.79 Å². The lowest BCUT2D eigenvalue weighted by Crippen LogP contribution is -2.48. The lowest BCUT2D eigenvalue weighted by atomic mass is 10.1. The molecule has 1 aromatic rings. The Kier molecular flexibility index (Phi) is 4.25. The second-order valence-electron chi connectivity index (χ2n) is 5.61. The maximum absolute atomic E-state index is 12.5. The number of piperidine rings is 1. The Labute approximate surface area is 125 Å². The molecule has 3 N–H and O–H groups in total. The molecule has 1 aliphatic rings. The molecule has 0 saturated carbocycles. The van der Waals surface area contributed by atoms with E-state index in [0.717, 1.165) is 5.56 Å². The number of amides is 1. The van der Waals surface area contributed by atoms with E-state index >= 15 is 0 Å². The van der Waals surface area contributed by atoms with Gasteiger partial charge in [0, 0.05) is 31.7 Å². The third-order valence-electron chi connectivity index (χ3n) is 3.78. The molecule has 116 valence electrons. The van der Waals surface area contributed by atoms with Gasteiger partial charge in [-0.15, -0.1) is 0 Å². The Morgan fingerprint density at radius 3 is 2.62 bits per heavy atom. The van der Waals surface area contributed by atoms with Gasteiger partial charge in [0.25, 0.3) is 0 Å². The van der Waals surface area contributed by atoms with Crippen LogP contribution in [0.4, 0.5) is 5.69 Å². The quantitative estimate of drug-likeness (QED) is 0.807. The first-order chi connectivity index (χ1) is 9.70. The predicted octanol–water partition coefficient (Wildman–Crippen LogP) is 0.785. The SMILES string of the molecule is Cc1cc(N)c(C)c(S(=O)(=O)NC2CCC(=O)N(C)C2)c1. The number of carbonyl (C=O) groups excluding carboxylic acids is 1. The van der Waals surface area contributed by atoms with Crippen molar-refractivity contribution in [2.75, 3.05) is 19.3 Å². The molecule has 7 heteroatoms. The summed E-state index contributed by atoms with van der Waals surface area (Å²) in [6, 6.07) is 3.10. The molecule has 2 rings (SSSR count). The average Bonchev–Trinajstić information content (AvgIpc) is 2.37. The van der Waals surface area contributed by atoms with Gasteiger partial charge in [0.1, 0.15) is 0 Å². The fraction of sp³-hybridized carbons (Fsp3) is 0.500. The fourth-order valence-corrected chi connectivity index (χ4v) is 4.14. The molecule has 0 aliphatic carbocycles. The third-order valence-corrected chi connectivity index (χ3v) is 5.43. The fourth-order valence-electron chi connectivity index (χ4n) is 2.52. The molecule has 0 aromatic heterocycles. The van der Waals surface area contributed by atoms with Gasteiger partial charge in [0.05, 0.1) is 4.90 Å².